The van der Waals surface area contributed by atoms with Crippen molar-refractivity contribution in [2.45, 2.75) is 24.7 Å². The highest BCUT2D eigenvalue weighted by molar-refractivity contribution is 5.22. The molecule has 1 nitrogen and oxygen atoms in total. The van der Waals surface area contributed by atoms with E-state index in [1.165, 1.54) is 12.1 Å². The highest BCUT2D eigenvalue weighted by Crippen LogP contribution is 2.34. The summed E-state index contributed by atoms with van der Waals surface area (Å²) < 4.78 is 50.3. The van der Waals surface area contributed by atoms with Gasteiger partial charge in [0.25, 0.3) is 0 Å². The molecule has 1 atom stereocenters. The molecule has 5 heteroatoms. The van der Waals surface area contributed by atoms with Crippen LogP contribution in [0, 0.1) is 0 Å². The van der Waals surface area contributed by atoms with E-state index in [-0.39, 0.29) is 5.56 Å². The lowest BCUT2D eigenvalue weighted by Crippen LogP contribution is -2.31. The van der Waals surface area contributed by atoms with Gasteiger partial charge in [-0.05, 0) is 12.0 Å². The molecule has 0 radical (unpaired) electrons. The molecule has 0 aliphatic carbocycles. The van der Waals surface area contributed by atoms with Crippen LogP contribution in [0.1, 0.15) is 18.4 Å². The number of nitrogens with two attached hydrogens (primary N) is 1. The maximum absolute atomic E-state index is 14.2. The van der Waals surface area contributed by atoms with Gasteiger partial charge >= 0.3 is 6.18 Å². The predicted molar refractivity (Wildman–Crippen MR) is 53.6 cm³/mol. The van der Waals surface area contributed by atoms with E-state index in [0.29, 0.717) is 0 Å². The van der Waals surface area contributed by atoms with Crippen LogP contribution in [0.2, 0.25) is 0 Å². The molecule has 90 valence electrons. The molecule has 1 rings (SSSR count). The smallest absolute Gasteiger partial charge is 0.327 e. The minimum Gasteiger partial charge on any atom is -0.327 e. The Kier molecular flexibility index (Phi) is 3.91. The van der Waals surface area contributed by atoms with Crippen LogP contribution in [0.25, 0.3) is 0 Å². The first kappa shape index (κ1) is 13.0. The number of benzene rings is 1. The van der Waals surface area contributed by atoms with Crippen LogP contribution >= 0.6 is 0 Å². The molecule has 0 spiro atoms. The molecule has 1 aromatic carbocycles. The molecule has 0 saturated heterocycles. The lowest BCUT2D eigenvalue weighted by Gasteiger charge is -2.24. The van der Waals surface area contributed by atoms with Crippen LogP contribution < -0.4 is 5.73 Å². The summed E-state index contributed by atoms with van der Waals surface area (Å²) in [6, 6.07) is 7.72. The highest BCUT2D eigenvalue weighted by Gasteiger charge is 2.36. The van der Waals surface area contributed by atoms with E-state index in [4.69, 9.17) is 5.73 Å². The molecule has 0 amide bonds. The van der Waals surface area contributed by atoms with E-state index >= 15 is 0 Å². The molecule has 1 aromatic rings. The maximum Gasteiger partial charge on any atom is 0.389 e. The van der Waals surface area contributed by atoms with Crippen molar-refractivity contribution in [2.75, 3.05) is 6.54 Å². The van der Waals surface area contributed by atoms with E-state index in [1.54, 1.807) is 18.2 Å². The van der Waals surface area contributed by atoms with Crippen molar-refractivity contribution in [1.82, 2.24) is 0 Å². The number of hydrogen-bond acceptors (Lipinski definition) is 1. The minimum atomic E-state index is -4.36. The largest absolute Gasteiger partial charge is 0.389 e. The molecule has 0 saturated carbocycles. The summed E-state index contributed by atoms with van der Waals surface area (Å²) in [5.41, 5.74) is 3.32. The highest BCUT2D eigenvalue weighted by atomic mass is 19.4. The van der Waals surface area contributed by atoms with Gasteiger partial charge in [-0.3, -0.25) is 0 Å². The normalized spacial score (nSPS) is 15.8. The zero-order valence-corrected chi connectivity index (χ0v) is 8.60. The van der Waals surface area contributed by atoms with Gasteiger partial charge in [0, 0.05) is 13.0 Å². The number of rotatable bonds is 4. The molecule has 0 bridgehead atoms. The van der Waals surface area contributed by atoms with Crippen LogP contribution in [0.15, 0.2) is 30.3 Å². The van der Waals surface area contributed by atoms with Crippen molar-refractivity contribution >= 4 is 0 Å². The first-order valence-corrected chi connectivity index (χ1v) is 4.89. The molecule has 16 heavy (non-hydrogen) atoms. The summed E-state index contributed by atoms with van der Waals surface area (Å²) in [6.07, 6.45) is -6.17. The van der Waals surface area contributed by atoms with Gasteiger partial charge in [0.2, 0.25) is 0 Å². The summed E-state index contributed by atoms with van der Waals surface area (Å²) in [6.45, 7) is -0.451. The number of alkyl halides is 4. The van der Waals surface area contributed by atoms with Crippen LogP contribution in [-0.2, 0) is 5.67 Å². The van der Waals surface area contributed by atoms with Crippen LogP contribution in [0.3, 0.4) is 0 Å². The third-order valence-corrected chi connectivity index (χ3v) is 2.42. The molecule has 0 heterocycles. The second kappa shape index (κ2) is 4.82. The Hall–Kier alpha value is -1.10. The fourth-order valence-electron chi connectivity index (χ4n) is 1.44. The topological polar surface area (TPSA) is 26.0 Å². The standard InChI is InChI=1S/C11H13F4N/c12-10(8-16,6-7-11(13,14)15)9-4-2-1-3-5-9/h1-5H,6-8,16H2. The molecule has 0 aliphatic rings. The van der Waals surface area contributed by atoms with Crippen LogP contribution in [-0.4, -0.2) is 12.7 Å². The maximum atomic E-state index is 14.2. The van der Waals surface area contributed by atoms with Crippen molar-refractivity contribution < 1.29 is 17.6 Å². The van der Waals surface area contributed by atoms with Gasteiger partial charge in [0.15, 0.2) is 0 Å². The molecule has 0 aliphatic heterocycles. The van der Waals surface area contributed by atoms with Crippen molar-refractivity contribution in [3.8, 4) is 0 Å². The van der Waals surface area contributed by atoms with Gasteiger partial charge in [-0.25, -0.2) is 4.39 Å². The Morgan fingerprint density at radius 2 is 1.50 bits per heavy atom. The summed E-state index contributed by atoms with van der Waals surface area (Å²) in [4.78, 5) is 0. The van der Waals surface area contributed by atoms with Gasteiger partial charge in [-0.15, -0.1) is 0 Å². The summed E-state index contributed by atoms with van der Waals surface area (Å²) in [5, 5.41) is 0. The second-order valence-corrected chi connectivity index (χ2v) is 3.65. The van der Waals surface area contributed by atoms with Crippen molar-refractivity contribution in [2.24, 2.45) is 5.73 Å². The van der Waals surface area contributed by atoms with E-state index < -0.39 is 31.2 Å². The Labute approximate surface area is 91.3 Å². The predicted octanol–water partition coefficient (Wildman–Crippen LogP) is 3.15. The molecule has 2 N–H and O–H groups in total. The zero-order chi connectivity index (χ0) is 12.2. The third-order valence-electron chi connectivity index (χ3n) is 2.42. The fraction of sp³-hybridized carbons (Fsp3) is 0.455. The molecule has 1 unspecified atom stereocenters. The Morgan fingerprint density at radius 3 is 1.94 bits per heavy atom. The quantitative estimate of drug-likeness (QED) is 0.797. The molecular formula is C11H13F4N. The Bertz CT molecular complexity index is 323. The number of hydrogen-bond donors (Lipinski definition) is 1. The zero-order valence-electron chi connectivity index (χ0n) is 8.60. The lowest BCUT2D eigenvalue weighted by atomic mass is 9.91. The summed E-state index contributed by atoms with van der Waals surface area (Å²) >= 11 is 0. The molecule has 0 fully saturated rings. The Balaban J connectivity index is 2.79. The van der Waals surface area contributed by atoms with E-state index in [2.05, 4.69) is 0 Å². The average molecular weight is 235 g/mol. The van der Waals surface area contributed by atoms with Crippen molar-refractivity contribution in [1.29, 1.82) is 0 Å². The van der Waals surface area contributed by atoms with Gasteiger partial charge in [-0.1, -0.05) is 30.3 Å². The first-order chi connectivity index (χ1) is 7.37. The van der Waals surface area contributed by atoms with Crippen LogP contribution in [0.5, 0.6) is 0 Å². The summed E-state index contributed by atoms with van der Waals surface area (Å²) in [7, 11) is 0. The first-order valence-electron chi connectivity index (χ1n) is 4.89. The number of halogens is 4. The van der Waals surface area contributed by atoms with E-state index in [9.17, 15) is 17.6 Å². The SMILES string of the molecule is NCC(F)(CCC(F)(F)F)c1ccccc1. The summed E-state index contributed by atoms with van der Waals surface area (Å²) in [5.74, 6) is 0. The van der Waals surface area contributed by atoms with Gasteiger partial charge in [-0.2, -0.15) is 13.2 Å². The van der Waals surface area contributed by atoms with Crippen molar-refractivity contribution in [3.05, 3.63) is 35.9 Å². The van der Waals surface area contributed by atoms with E-state index in [0.717, 1.165) is 0 Å². The third kappa shape index (κ3) is 3.48. The Morgan fingerprint density at radius 1 is 0.938 bits per heavy atom. The van der Waals surface area contributed by atoms with Crippen LogP contribution in [0.4, 0.5) is 17.6 Å². The van der Waals surface area contributed by atoms with Gasteiger partial charge < -0.3 is 5.73 Å². The van der Waals surface area contributed by atoms with E-state index in [1.807, 2.05) is 0 Å². The fourth-order valence-corrected chi connectivity index (χ4v) is 1.44. The minimum absolute atomic E-state index is 0.196. The second-order valence-electron chi connectivity index (χ2n) is 3.65. The molecule has 0 aromatic heterocycles. The lowest BCUT2D eigenvalue weighted by molar-refractivity contribution is -0.142. The average Bonchev–Trinajstić information content (AvgIpc) is 2.26. The van der Waals surface area contributed by atoms with Gasteiger partial charge in [0.05, 0.1) is 0 Å². The molecular weight excluding hydrogens is 222 g/mol. The van der Waals surface area contributed by atoms with Gasteiger partial charge in [0.1, 0.15) is 5.67 Å². The van der Waals surface area contributed by atoms with Crippen molar-refractivity contribution in [3.63, 3.8) is 0 Å². The monoisotopic (exact) mass is 235 g/mol.